The molecule has 0 radical (unpaired) electrons. The fraction of sp³-hybridized carbons (Fsp3) is 0.778. The minimum atomic E-state index is -4.34. The van der Waals surface area contributed by atoms with Gasteiger partial charge < -0.3 is 10.3 Å². The summed E-state index contributed by atoms with van der Waals surface area (Å²) in [6, 6.07) is -0.581. The Labute approximate surface area is 91.0 Å². The first-order chi connectivity index (χ1) is 7.09. The van der Waals surface area contributed by atoms with E-state index in [4.69, 9.17) is 10.3 Å². The van der Waals surface area contributed by atoms with Crippen molar-refractivity contribution in [3.8, 4) is 0 Å². The topological polar surface area (TPSA) is 64.9 Å². The van der Waals surface area contributed by atoms with Crippen LogP contribution in [-0.2, 0) is 6.42 Å². The molecular weight excluding hydrogens is 223 g/mol. The Morgan fingerprint density at radius 1 is 1.31 bits per heavy atom. The maximum Gasteiger partial charge on any atom is 0.396 e. The number of aromatic nitrogens is 2. The van der Waals surface area contributed by atoms with Gasteiger partial charge in [0.15, 0.2) is 5.82 Å². The highest BCUT2D eigenvalue weighted by molar-refractivity contribution is 4.97. The van der Waals surface area contributed by atoms with E-state index in [2.05, 4.69) is 10.1 Å². The van der Waals surface area contributed by atoms with Gasteiger partial charge in [0.2, 0.25) is 5.89 Å². The van der Waals surface area contributed by atoms with E-state index in [1.165, 1.54) is 0 Å². The second-order valence-corrected chi connectivity index (χ2v) is 4.68. The second-order valence-electron chi connectivity index (χ2n) is 4.68. The zero-order chi connectivity index (χ0) is 12.6. The molecule has 7 heteroatoms. The molecule has 0 aliphatic carbocycles. The highest BCUT2D eigenvalue weighted by Gasteiger charge is 2.32. The summed E-state index contributed by atoms with van der Waals surface area (Å²) in [5.74, 6) is -0.353. The SMILES string of the molecule is CC(C)(C)[C@@H](N)c1nc(CC(F)(F)F)no1. The number of nitrogens with zero attached hydrogens (tertiary/aromatic N) is 2. The molecule has 0 saturated carbocycles. The molecule has 0 saturated heterocycles. The number of hydrogen-bond acceptors (Lipinski definition) is 4. The van der Waals surface area contributed by atoms with Crippen molar-refractivity contribution in [3.05, 3.63) is 11.7 Å². The van der Waals surface area contributed by atoms with Gasteiger partial charge in [0, 0.05) is 0 Å². The maximum absolute atomic E-state index is 12.0. The lowest BCUT2D eigenvalue weighted by Crippen LogP contribution is -2.26. The van der Waals surface area contributed by atoms with Crippen molar-refractivity contribution in [2.75, 3.05) is 0 Å². The summed E-state index contributed by atoms with van der Waals surface area (Å²) < 4.78 is 40.8. The molecule has 0 unspecified atom stereocenters. The molecule has 2 N–H and O–H groups in total. The van der Waals surface area contributed by atoms with Crippen LogP contribution in [-0.4, -0.2) is 16.3 Å². The largest absolute Gasteiger partial charge is 0.396 e. The van der Waals surface area contributed by atoms with E-state index in [-0.39, 0.29) is 17.1 Å². The van der Waals surface area contributed by atoms with Crippen LogP contribution in [0.5, 0.6) is 0 Å². The number of rotatable bonds is 2. The predicted octanol–water partition coefficient (Wildman–Crippen LogP) is 2.22. The van der Waals surface area contributed by atoms with E-state index in [9.17, 15) is 13.2 Å². The van der Waals surface area contributed by atoms with Crippen molar-refractivity contribution in [2.24, 2.45) is 11.1 Å². The van der Waals surface area contributed by atoms with Gasteiger partial charge in [0.25, 0.3) is 0 Å². The monoisotopic (exact) mass is 237 g/mol. The molecular formula is C9H14F3N3O. The van der Waals surface area contributed by atoms with Crippen LogP contribution in [0.25, 0.3) is 0 Å². The fourth-order valence-electron chi connectivity index (χ4n) is 1.02. The summed E-state index contributed by atoms with van der Waals surface area (Å²) in [5, 5.41) is 3.25. The Balaban J connectivity index is 2.80. The normalized spacial score (nSPS) is 15.2. The molecule has 0 amide bonds. The van der Waals surface area contributed by atoms with E-state index >= 15 is 0 Å². The summed E-state index contributed by atoms with van der Waals surface area (Å²) >= 11 is 0. The lowest BCUT2D eigenvalue weighted by atomic mass is 9.87. The lowest BCUT2D eigenvalue weighted by molar-refractivity contribution is -0.128. The standard InChI is InChI=1S/C9H14F3N3O/c1-8(2,3)6(13)7-14-5(15-16-7)4-9(10,11)12/h6H,4,13H2,1-3H3/t6-/m0/s1. The van der Waals surface area contributed by atoms with Crippen molar-refractivity contribution >= 4 is 0 Å². The second kappa shape index (κ2) is 4.04. The first kappa shape index (κ1) is 13.0. The molecule has 16 heavy (non-hydrogen) atoms. The summed E-state index contributed by atoms with van der Waals surface area (Å²) in [6.07, 6.45) is -5.54. The Kier molecular flexibility index (Phi) is 3.27. The Hall–Kier alpha value is -1.11. The van der Waals surface area contributed by atoms with Crippen LogP contribution in [0, 0.1) is 5.41 Å². The maximum atomic E-state index is 12.0. The van der Waals surface area contributed by atoms with Crippen LogP contribution < -0.4 is 5.73 Å². The van der Waals surface area contributed by atoms with E-state index in [0.717, 1.165) is 0 Å². The molecule has 1 atom stereocenters. The van der Waals surface area contributed by atoms with E-state index in [0.29, 0.717) is 0 Å². The van der Waals surface area contributed by atoms with Crippen LogP contribution in [0.3, 0.4) is 0 Å². The van der Waals surface area contributed by atoms with Gasteiger partial charge in [-0.1, -0.05) is 25.9 Å². The van der Waals surface area contributed by atoms with Gasteiger partial charge in [-0.2, -0.15) is 18.2 Å². The van der Waals surface area contributed by atoms with Crippen LogP contribution in [0.1, 0.15) is 38.5 Å². The molecule has 0 spiro atoms. The molecule has 0 aliphatic heterocycles. The van der Waals surface area contributed by atoms with Gasteiger partial charge in [-0.3, -0.25) is 0 Å². The van der Waals surface area contributed by atoms with E-state index in [1.807, 2.05) is 20.8 Å². The first-order valence-corrected chi connectivity index (χ1v) is 4.74. The number of halogens is 3. The molecule has 92 valence electrons. The molecule has 0 aromatic carbocycles. The number of alkyl halides is 3. The summed E-state index contributed by atoms with van der Waals surface area (Å²) in [5.41, 5.74) is 5.43. The number of hydrogen-bond donors (Lipinski definition) is 1. The van der Waals surface area contributed by atoms with Crippen molar-refractivity contribution in [1.29, 1.82) is 0 Å². The van der Waals surface area contributed by atoms with Gasteiger partial charge in [-0.05, 0) is 5.41 Å². The third kappa shape index (κ3) is 3.48. The zero-order valence-electron chi connectivity index (χ0n) is 9.30. The molecule has 0 aliphatic rings. The third-order valence-electron chi connectivity index (χ3n) is 2.04. The summed E-state index contributed by atoms with van der Waals surface area (Å²) in [6.45, 7) is 5.52. The fourth-order valence-corrected chi connectivity index (χ4v) is 1.02. The zero-order valence-corrected chi connectivity index (χ0v) is 9.30. The van der Waals surface area contributed by atoms with E-state index in [1.54, 1.807) is 0 Å². The predicted molar refractivity (Wildman–Crippen MR) is 50.4 cm³/mol. The quantitative estimate of drug-likeness (QED) is 0.856. The Bertz CT molecular complexity index is 354. The van der Waals surface area contributed by atoms with Crippen molar-refractivity contribution in [3.63, 3.8) is 0 Å². The Morgan fingerprint density at radius 2 is 1.88 bits per heavy atom. The van der Waals surface area contributed by atoms with Crippen LogP contribution >= 0.6 is 0 Å². The van der Waals surface area contributed by atoms with E-state index < -0.39 is 18.6 Å². The molecule has 0 bridgehead atoms. The van der Waals surface area contributed by atoms with Crippen LogP contribution in [0.15, 0.2) is 4.52 Å². The van der Waals surface area contributed by atoms with Crippen LogP contribution in [0.4, 0.5) is 13.2 Å². The molecule has 1 aromatic rings. The van der Waals surface area contributed by atoms with Gasteiger partial charge in [-0.25, -0.2) is 0 Å². The highest BCUT2D eigenvalue weighted by Crippen LogP contribution is 2.29. The summed E-state index contributed by atoms with van der Waals surface area (Å²) in [4.78, 5) is 3.64. The van der Waals surface area contributed by atoms with Crippen molar-refractivity contribution in [2.45, 2.75) is 39.4 Å². The molecule has 0 fully saturated rings. The smallest absolute Gasteiger partial charge is 0.338 e. The van der Waals surface area contributed by atoms with Gasteiger partial charge in [0.1, 0.15) is 6.42 Å². The number of nitrogens with two attached hydrogens (primary N) is 1. The van der Waals surface area contributed by atoms with Gasteiger partial charge >= 0.3 is 6.18 Å². The van der Waals surface area contributed by atoms with Crippen molar-refractivity contribution in [1.82, 2.24) is 10.1 Å². The first-order valence-electron chi connectivity index (χ1n) is 4.74. The average molecular weight is 237 g/mol. The highest BCUT2D eigenvalue weighted by atomic mass is 19.4. The average Bonchev–Trinajstić information content (AvgIpc) is 2.46. The minimum absolute atomic E-state index is 0.0340. The third-order valence-corrected chi connectivity index (χ3v) is 2.04. The Morgan fingerprint density at radius 3 is 2.31 bits per heavy atom. The molecule has 1 heterocycles. The molecule has 1 aromatic heterocycles. The summed E-state index contributed by atoms with van der Waals surface area (Å²) in [7, 11) is 0. The lowest BCUT2D eigenvalue weighted by Gasteiger charge is -2.23. The minimum Gasteiger partial charge on any atom is -0.338 e. The molecule has 4 nitrogen and oxygen atoms in total. The molecule has 1 rings (SSSR count). The van der Waals surface area contributed by atoms with Crippen LogP contribution in [0.2, 0.25) is 0 Å². The van der Waals surface area contributed by atoms with Gasteiger partial charge in [-0.15, -0.1) is 0 Å². The van der Waals surface area contributed by atoms with Gasteiger partial charge in [0.05, 0.1) is 6.04 Å². The van der Waals surface area contributed by atoms with Crippen molar-refractivity contribution < 1.29 is 17.7 Å².